The van der Waals surface area contributed by atoms with Crippen molar-refractivity contribution in [3.8, 4) is 17.5 Å². The number of nitriles is 1. The van der Waals surface area contributed by atoms with Gasteiger partial charge < -0.3 is 4.57 Å². The molecule has 0 fully saturated rings. The van der Waals surface area contributed by atoms with Gasteiger partial charge in [0, 0.05) is 30.2 Å². The van der Waals surface area contributed by atoms with Crippen LogP contribution < -0.4 is 0 Å². The molecule has 0 atom stereocenters. The van der Waals surface area contributed by atoms with Gasteiger partial charge in [0.25, 0.3) is 0 Å². The summed E-state index contributed by atoms with van der Waals surface area (Å²) in [5.74, 6) is 0.599. The number of Topliss-reactive ketones (excluding diaryl/α,β-unsaturated/α-hetero) is 1. The summed E-state index contributed by atoms with van der Waals surface area (Å²) in [7, 11) is 0. The first-order chi connectivity index (χ1) is 9.81. The van der Waals surface area contributed by atoms with Crippen molar-refractivity contribution < 1.29 is 4.79 Å². The number of ketones is 1. The molecule has 5 nitrogen and oxygen atoms in total. The quantitative estimate of drug-likeness (QED) is 0.799. The van der Waals surface area contributed by atoms with Crippen LogP contribution in [0, 0.1) is 11.3 Å². The molecule has 0 N–H and O–H groups in total. The summed E-state index contributed by atoms with van der Waals surface area (Å²) in [4.78, 5) is 20.7. The maximum absolute atomic E-state index is 12.0. The molecule has 0 aromatic carbocycles. The van der Waals surface area contributed by atoms with Crippen LogP contribution in [0.3, 0.4) is 0 Å². The fourth-order valence-electron chi connectivity index (χ4n) is 2.64. The maximum atomic E-state index is 12.0. The molecule has 0 saturated carbocycles. The molecule has 0 saturated heterocycles. The minimum atomic E-state index is -0.187. The average Bonchev–Trinajstić information content (AvgIpc) is 2.88. The largest absolute Gasteiger partial charge is 0.327 e. The summed E-state index contributed by atoms with van der Waals surface area (Å²) >= 11 is 0. The molecule has 2 aromatic rings. The second-order valence-corrected chi connectivity index (χ2v) is 4.84. The Bertz CT molecular complexity index is 682. The van der Waals surface area contributed by atoms with Crippen molar-refractivity contribution in [3.63, 3.8) is 0 Å². The molecule has 0 spiro atoms. The van der Waals surface area contributed by atoms with Gasteiger partial charge in [-0.15, -0.1) is 0 Å². The third-order valence-electron chi connectivity index (χ3n) is 3.54. The third kappa shape index (κ3) is 2.10. The first-order valence-electron chi connectivity index (χ1n) is 6.71. The summed E-state index contributed by atoms with van der Waals surface area (Å²) in [5.41, 5.74) is 2.34. The molecular formula is C15H14N4O. The van der Waals surface area contributed by atoms with Gasteiger partial charge in [-0.3, -0.25) is 9.78 Å². The normalized spacial score (nSPS) is 13.6. The Labute approximate surface area is 116 Å². The van der Waals surface area contributed by atoms with E-state index in [1.807, 2.05) is 18.2 Å². The van der Waals surface area contributed by atoms with Gasteiger partial charge in [-0.05, 0) is 31.4 Å². The van der Waals surface area contributed by atoms with Crippen LogP contribution in [-0.2, 0) is 13.0 Å². The highest BCUT2D eigenvalue weighted by Gasteiger charge is 2.24. The van der Waals surface area contributed by atoms with Gasteiger partial charge in [-0.2, -0.15) is 5.26 Å². The Morgan fingerprint density at radius 3 is 3.10 bits per heavy atom. The number of nitrogens with zero attached hydrogens (tertiary/aromatic N) is 4. The van der Waals surface area contributed by atoms with E-state index < -0.39 is 0 Å². The Hall–Kier alpha value is -2.48. The summed E-state index contributed by atoms with van der Waals surface area (Å²) in [6.07, 6.45) is 6.35. The molecule has 1 aliphatic heterocycles. The van der Waals surface area contributed by atoms with Gasteiger partial charge in [-0.25, -0.2) is 4.98 Å². The number of carbonyl (C=O) groups is 1. The highest BCUT2D eigenvalue weighted by molar-refractivity contribution is 5.97. The van der Waals surface area contributed by atoms with Gasteiger partial charge in [0.2, 0.25) is 0 Å². The van der Waals surface area contributed by atoms with Crippen LogP contribution >= 0.6 is 0 Å². The number of imidazole rings is 1. The maximum Gasteiger partial charge on any atom is 0.197 e. The first kappa shape index (κ1) is 12.5. The number of hydrogen-bond acceptors (Lipinski definition) is 4. The van der Waals surface area contributed by atoms with Crippen molar-refractivity contribution in [2.45, 2.75) is 32.2 Å². The number of fused-ring (bicyclic) bond motifs is 1. The van der Waals surface area contributed by atoms with Gasteiger partial charge in [0.15, 0.2) is 5.78 Å². The summed E-state index contributed by atoms with van der Waals surface area (Å²) in [5, 5.41) is 8.71. The molecule has 0 aliphatic carbocycles. The highest BCUT2D eigenvalue weighted by atomic mass is 16.1. The van der Waals surface area contributed by atoms with Crippen molar-refractivity contribution in [2.75, 3.05) is 0 Å². The molecule has 0 bridgehead atoms. The second kappa shape index (κ2) is 5.25. The van der Waals surface area contributed by atoms with E-state index in [4.69, 9.17) is 5.26 Å². The number of aromatic nitrogens is 3. The van der Waals surface area contributed by atoms with Crippen molar-refractivity contribution in [3.05, 3.63) is 35.9 Å². The summed E-state index contributed by atoms with van der Waals surface area (Å²) < 4.78 is 2.10. The monoisotopic (exact) mass is 266 g/mol. The SMILES string of the molecule is N#CCC(=O)c1nc(-c2cccnc2)n2c1CCCC2. The Morgan fingerprint density at radius 1 is 1.45 bits per heavy atom. The van der Waals surface area contributed by atoms with Crippen LogP contribution in [0.2, 0.25) is 0 Å². The number of carbonyl (C=O) groups excluding carboxylic acids is 1. The minimum Gasteiger partial charge on any atom is -0.327 e. The fourth-order valence-corrected chi connectivity index (χ4v) is 2.64. The van der Waals surface area contributed by atoms with Crippen LogP contribution in [0.1, 0.15) is 35.4 Å². The second-order valence-electron chi connectivity index (χ2n) is 4.84. The molecule has 0 amide bonds. The lowest BCUT2D eigenvalue weighted by molar-refractivity contribution is 0.0992. The zero-order chi connectivity index (χ0) is 13.9. The van der Waals surface area contributed by atoms with Gasteiger partial charge in [0.1, 0.15) is 17.9 Å². The van der Waals surface area contributed by atoms with Gasteiger partial charge in [-0.1, -0.05) is 0 Å². The lowest BCUT2D eigenvalue weighted by Crippen LogP contribution is -2.13. The van der Waals surface area contributed by atoms with E-state index in [-0.39, 0.29) is 12.2 Å². The van der Waals surface area contributed by atoms with E-state index in [0.717, 1.165) is 42.9 Å². The Morgan fingerprint density at radius 2 is 2.35 bits per heavy atom. The zero-order valence-corrected chi connectivity index (χ0v) is 11.0. The van der Waals surface area contributed by atoms with E-state index >= 15 is 0 Å². The van der Waals surface area contributed by atoms with Crippen molar-refractivity contribution in [1.29, 1.82) is 5.26 Å². The first-order valence-corrected chi connectivity index (χ1v) is 6.71. The standard InChI is InChI=1S/C15H14N4O/c16-7-6-13(20)14-12-5-1-2-9-19(12)15(18-14)11-4-3-8-17-10-11/h3-4,8,10H,1-2,5-6,9H2. The molecule has 3 heterocycles. The molecule has 2 aromatic heterocycles. The van der Waals surface area contributed by atoms with E-state index in [0.29, 0.717) is 5.69 Å². The summed E-state index contributed by atoms with van der Waals surface area (Å²) in [6.45, 7) is 0.867. The minimum absolute atomic E-state index is 0.115. The number of rotatable bonds is 3. The Balaban J connectivity index is 2.12. The molecule has 3 rings (SSSR count). The molecular weight excluding hydrogens is 252 g/mol. The van der Waals surface area contributed by atoms with Crippen molar-refractivity contribution in [2.24, 2.45) is 0 Å². The Kier molecular flexibility index (Phi) is 3.30. The third-order valence-corrected chi connectivity index (χ3v) is 3.54. The predicted octanol–water partition coefficient (Wildman–Crippen LogP) is 2.38. The molecule has 20 heavy (non-hydrogen) atoms. The van der Waals surface area contributed by atoms with Gasteiger partial charge in [0.05, 0.1) is 6.07 Å². The van der Waals surface area contributed by atoms with Crippen LogP contribution in [0.4, 0.5) is 0 Å². The molecule has 5 heteroatoms. The van der Waals surface area contributed by atoms with Crippen molar-refractivity contribution in [1.82, 2.24) is 14.5 Å². The average molecular weight is 266 g/mol. The van der Waals surface area contributed by atoms with Crippen molar-refractivity contribution >= 4 is 5.78 Å². The van der Waals surface area contributed by atoms with Gasteiger partial charge >= 0.3 is 0 Å². The lowest BCUT2D eigenvalue weighted by Gasteiger charge is -2.17. The zero-order valence-electron chi connectivity index (χ0n) is 11.0. The lowest BCUT2D eigenvalue weighted by atomic mass is 10.1. The van der Waals surface area contributed by atoms with Crippen LogP contribution in [0.5, 0.6) is 0 Å². The van der Waals surface area contributed by atoms with E-state index in [1.165, 1.54) is 0 Å². The van der Waals surface area contributed by atoms with Crippen LogP contribution in [-0.4, -0.2) is 20.3 Å². The van der Waals surface area contributed by atoms with Crippen LogP contribution in [0.25, 0.3) is 11.4 Å². The van der Waals surface area contributed by atoms with E-state index in [9.17, 15) is 4.79 Å². The smallest absolute Gasteiger partial charge is 0.197 e. The highest BCUT2D eigenvalue weighted by Crippen LogP contribution is 2.27. The predicted molar refractivity (Wildman–Crippen MR) is 73.0 cm³/mol. The van der Waals surface area contributed by atoms with E-state index in [1.54, 1.807) is 12.4 Å². The van der Waals surface area contributed by atoms with E-state index in [2.05, 4.69) is 14.5 Å². The molecule has 100 valence electrons. The number of hydrogen-bond donors (Lipinski definition) is 0. The topological polar surface area (TPSA) is 71.6 Å². The molecule has 0 radical (unpaired) electrons. The fraction of sp³-hybridized carbons (Fsp3) is 0.333. The summed E-state index contributed by atoms with van der Waals surface area (Å²) in [6, 6.07) is 5.71. The van der Waals surface area contributed by atoms with Crippen LogP contribution in [0.15, 0.2) is 24.5 Å². The molecule has 1 aliphatic rings. The molecule has 0 unspecified atom stereocenters. The number of pyridine rings is 1.